The van der Waals surface area contributed by atoms with Crippen LogP contribution in [0.4, 0.5) is 0 Å². The molecule has 2 aromatic carbocycles. The van der Waals surface area contributed by atoms with E-state index in [0.29, 0.717) is 30.0 Å². The van der Waals surface area contributed by atoms with Crippen LogP contribution in [0.25, 0.3) is 10.9 Å². The number of phenols is 1. The van der Waals surface area contributed by atoms with Crippen molar-refractivity contribution in [3.05, 3.63) is 77.0 Å². The van der Waals surface area contributed by atoms with Crippen LogP contribution >= 0.6 is 11.6 Å². The maximum Gasteiger partial charge on any atom is 0.303 e. The number of allylic oxidation sites excluding steroid dienone is 2. The number of rotatable bonds is 7. The van der Waals surface area contributed by atoms with E-state index in [2.05, 4.69) is 4.98 Å². The van der Waals surface area contributed by atoms with E-state index >= 15 is 0 Å². The number of ether oxygens (including phenoxy) is 2. The van der Waals surface area contributed by atoms with E-state index in [9.17, 15) is 9.90 Å². The second-order valence-electron chi connectivity index (χ2n) is 7.61. The molecule has 162 valence electrons. The average molecular weight is 442 g/mol. The number of para-hydroxylation sites is 1. The summed E-state index contributed by atoms with van der Waals surface area (Å²) in [5.74, 6) is -0.669. The third-order valence-electron chi connectivity index (χ3n) is 5.46. The summed E-state index contributed by atoms with van der Waals surface area (Å²) in [7, 11) is 0. The Hall–Kier alpha value is -2.80. The molecule has 6 nitrogen and oxygen atoms in total. The highest BCUT2D eigenvalue weighted by atomic mass is 35.5. The van der Waals surface area contributed by atoms with E-state index in [4.69, 9.17) is 26.2 Å². The van der Waals surface area contributed by atoms with Crippen molar-refractivity contribution in [1.82, 2.24) is 4.98 Å². The lowest BCUT2D eigenvalue weighted by molar-refractivity contribution is -0.243. The van der Waals surface area contributed by atoms with Gasteiger partial charge in [-0.25, -0.2) is 0 Å². The fourth-order valence-corrected chi connectivity index (χ4v) is 4.07. The quantitative estimate of drug-likeness (QED) is 0.406. The predicted octanol–water partition coefficient (Wildman–Crippen LogP) is 5.74. The molecule has 4 rings (SSSR count). The summed E-state index contributed by atoms with van der Waals surface area (Å²) in [4.78, 5) is 13.9. The Balaban J connectivity index is 1.57. The summed E-state index contributed by atoms with van der Waals surface area (Å²) < 4.78 is 12.5. The molecule has 1 saturated heterocycles. The summed E-state index contributed by atoms with van der Waals surface area (Å²) in [5.41, 5.74) is 2.50. The number of aromatic hydroxyl groups is 1. The molecule has 1 aliphatic rings. The van der Waals surface area contributed by atoms with Crippen LogP contribution in [-0.4, -0.2) is 27.8 Å². The number of nitrogens with one attached hydrogen (secondary N) is 1. The number of fused-ring (bicyclic) bond motifs is 1. The number of halogens is 1. The lowest BCUT2D eigenvalue weighted by Gasteiger charge is -2.36. The van der Waals surface area contributed by atoms with Gasteiger partial charge in [-0.15, -0.1) is 0 Å². The van der Waals surface area contributed by atoms with Gasteiger partial charge in [0.2, 0.25) is 0 Å². The SMILES string of the molecule is O=C(O)CCC=CC[C@@H]1COC(c2c[nH]c3ccc(Cl)cc23)O[C@@H]1c1ccccc1O. The van der Waals surface area contributed by atoms with Crippen molar-refractivity contribution in [1.29, 1.82) is 0 Å². The van der Waals surface area contributed by atoms with Crippen molar-refractivity contribution < 1.29 is 24.5 Å². The smallest absolute Gasteiger partial charge is 0.303 e. The number of carbonyl (C=O) groups is 1. The van der Waals surface area contributed by atoms with Gasteiger partial charge in [0.1, 0.15) is 5.75 Å². The lowest BCUT2D eigenvalue weighted by Crippen LogP contribution is -2.30. The Kier molecular flexibility index (Phi) is 6.61. The third kappa shape index (κ3) is 4.93. The maximum absolute atomic E-state index is 10.7. The minimum absolute atomic E-state index is 0.0283. The van der Waals surface area contributed by atoms with Gasteiger partial charge in [0.05, 0.1) is 12.7 Å². The molecule has 0 saturated carbocycles. The first-order valence-electron chi connectivity index (χ1n) is 10.2. The fourth-order valence-electron chi connectivity index (χ4n) is 3.90. The van der Waals surface area contributed by atoms with Crippen molar-refractivity contribution >= 4 is 28.5 Å². The van der Waals surface area contributed by atoms with Crippen LogP contribution in [0.15, 0.2) is 60.8 Å². The number of aromatic amines is 1. The summed E-state index contributed by atoms with van der Waals surface area (Å²) in [6, 6.07) is 12.8. The summed E-state index contributed by atoms with van der Waals surface area (Å²) in [6.45, 7) is 0.431. The minimum atomic E-state index is -0.817. The van der Waals surface area contributed by atoms with Gasteiger partial charge in [-0.2, -0.15) is 0 Å². The lowest BCUT2D eigenvalue weighted by atomic mass is 9.91. The molecule has 3 atom stereocenters. The number of H-pyrrole nitrogens is 1. The van der Waals surface area contributed by atoms with Crippen molar-refractivity contribution in [2.24, 2.45) is 5.92 Å². The monoisotopic (exact) mass is 441 g/mol. The highest BCUT2D eigenvalue weighted by molar-refractivity contribution is 6.31. The van der Waals surface area contributed by atoms with Gasteiger partial charge in [0.25, 0.3) is 0 Å². The number of benzene rings is 2. The van der Waals surface area contributed by atoms with Crippen molar-refractivity contribution in [2.45, 2.75) is 31.7 Å². The normalized spacial score (nSPS) is 21.6. The number of hydrogen-bond donors (Lipinski definition) is 3. The van der Waals surface area contributed by atoms with E-state index < -0.39 is 12.3 Å². The molecule has 1 unspecified atom stereocenters. The Morgan fingerprint density at radius 1 is 1.19 bits per heavy atom. The molecule has 3 aromatic rings. The average Bonchev–Trinajstić information content (AvgIpc) is 3.17. The number of phenolic OH excluding ortho intramolecular Hbond substituents is 1. The van der Waals surface area contributed by atoms with Crippen molar-refractivity contribution in [2.75, 3.05) is 6.61 Å². The van der Waals surface area contributed by atoms with Gasteiger partial charge < -0.3 is 24.7 Å². The molecular formula is C24H24ClNO5. The largest absolute Gasteiger partial charge is 0.508 e. The molecule has 1 fully saturated rings. The van der Waals surface area contributed by atoms with Gasteiger partial charge in [0, 0.05) is 45.6 Å². The van der Waals surface area contributed by atoms with E-state index in [1.807, 2.05) is 48.7 Å². The third-order valence-corrected chi connectivity index (χ3v) is 5.70. The molecule has 0 bridgehead atoms. The zero-order chi connectivity index (χ0) is 21.8. The van der Waals surface area contributed by atoms with Crippen LogP contribution in [-0.2, 0) is 14.3 Å². The number of carboxylic acids is 1. The Morgan fingerprint density at radius 2 is 2.03 bits per heavy atom. The van der Waals surface area contributed by atoms with Gasteiger partial charge in [-0.05, 0) is 37.1 Å². The van der Waals surface area contributed by atoms with Gasteiger partial charge >= 0.3 is 5.97 Å². The highest BCUT2D eigenvalue weighted by Crippen LogP contribution is 2.43. The Bertz CT molecular complexity index is 1090. The molecule has 0 aliphatic carbocycles. The molecule has 7 heteroatoms. The van der Waals surface area contributed by atoms with Crippen LogP contribution < -0.4 is 0 Å². The maximum atomic E-state index is 10.7. The van der Waals surface area contributed by atoms with E-state index in [0.717, 1.165) is 16.5 Å². The van der Waals surface area contributed by atoms with Gasteiger partial charge in [-0.1, -0.05) is 42.0 Å². The topological polar surface area (TPSA) is 91.8 Å². The van der Waals surface area contributed by atoms with Gasteiger partial charge in [-0.3, -0.25) is 4.79 Å². The fraction of sp³-hybridized carbons (Fsp3) is 0.292. The molecule has 0 spiro atoms. The van der Waals surface area contributed by atoms with Crippen molar-refractivity contribution in [3.63, 3.8) is 0 Å². The van der Waals surface area contributed by atoms with E-state index in [1.54, 1.807) is 12.1 Å². The molecule has 0 radical (unpaired) electrons. The number of aliphatic carboxylic acids is 1. The zero-order valence-electron chi connectivity index (χ0n) is 16.8. The van der Waals surface area contributed by atoms with Crippen molar-refractivity contribution in [3.8, 4) is 5.75 Å². The second-order valence-corrected chi connectivity index (χ2v) is 8.05. The molecule has 2 heterocycles. The molecule has 31 heavy (non-hydrogen) atoms. The zero-order valence-corrected chi connectivity index (χ0v) is 17.6. The van der Waals surface area contributed by atoms with Crippen LogP contribution in [0.5, 0.6) is 5.75 Å². The molecule has 3 N–H and O–H groups in total. The standard InChI is InChI=1S/C24H24ClNO5/c25-16-10-11-20-18(12-16)19(13-26-20)24-30-14-15(6-2-1-3-9-22(28)29)23(31-24)17-7-4-5-8-21(17)27/h1-2,4-5,7-8,10-13,15,23-24,26-27H,3,6,9,14H2,(H,28,29)/t15-,23+,24?/m1/s1. The predicted molar refractivity (Wildman–Crippen MR) is 118 cm³/mol. The molecular weight excluding hydrogens is 418 g/mol. The van der Waals surface area contributed by atoms with Crippen LogP contribution in [0, 0.1) is 5.92 Å². The Labute approximate surface area is 185 Å². The van der Waals surface area contributed by atoms with E-state index in [1.165, 1.54) is 0 Å². The minimum Gasteiger partial charge on any atom is -0.508 e. The van der Waals surface area contributed by atoms with E-state index in [-0.39, 0.29) is 24.2 Å². The first kappa shape index (κ1) is 21.4. The summed E-state index contributed by atoms with van der Waals surface area (Å²) in [5, 5.41) is 20.8. The summed E-state index contributed by atoms with van der Waals surface area (Å²) >= 11 is 6.18. The summed E-state index contributed by atoms with van der Waals surface area (Å²) in [6.07, 6.45) is 5.91. The molecule has 1 aliphatic heterocycles. The molecule has 1 aromatic heterocycles. The van der Waals surface area contributed by atoms with Crippen LogP contribution in [0.3, 0.4) is 0 Å². The van der Waals surface area contributed by atoms with Crippen LogP contribution in [0.1, 0.15) is 42.8 Å². The second kappa shape index (κ2) is 9.56. The number of aromatic nitrogens is 1. The van der Waals surface area contributed by atoms with Gasteiger partial charge in [0.15, 0.2) is 6.29 Å². The number of carboxylic acid groups (broad SMARTS) is 1. The Morgan fingerprint density at radius 3 is 2.84 bits per heavy atom. The van der Waals surface area contributed by atoms with Crippen LogP contribution in [0.2, 0.25) is 5.02 Å². The first-order valence-corrected chi connectivity index (χ1v) is 10.6. The number of hydrogen-bond acceptors (Lipinski definition) is 4. The first-order chi connectivity index (χ1) is 15.0. The highest BCUT2D eigenvalue weighted by Gasteiger charge is 2.35. The molecule has 0 amide bonds.